The van der Waals surface area contributed by atoms with Gasteiger partial charge in [0.25, 0.3) is 0 Å². The summed E-state index contributed by atoms with van der Waals surface area (Å²) in [6, 6.07) is 7.62. The maximum atomic E-state index is 12.8. The summed E-state index contributed by atoms with van der Waals surface area (Å²) in [6.07, 6.45) is -4.35. The molecule has 21 heavy (non-hydrogen) atoms. The van der Waals surface area contributed by atoms with Crippen molar-refractivity contribution in [1.29, 1.82) is 5.26 Å². The van der Waals surface area contributed by atoms with E-state index in [2.05, 4.69) is 31.7 Å². The van der Waals surface area contributed by atoms with E-state index < -0.39 is 11.7 Å². The van der Waals surface area contributed by atoms with E-state index in [1.165, 1.54) is 12.1 Å². The molecule has 1 fully saturated rings. The van der Waals surface area contributed by atoms with Gasteiger partial charge in [-0.3, -0.25) is 4.90 Å². The van der Waals surface area contributed by atoms with Gasteiger partial charge in [0.05, 0.1) is 17.6 Å². The van der Waals surface area contributed by atoms with Crippen LogP contribution in [0.4, 0.5) is 13.2 Å². The Labute approximate surface area is 123 Å². The molecule has 0 aliphatic carbocycles. The molecule has 0 unspecified atom stereocenters. The zero-order valence-electron chi connectivity index (χ0n) is 12.4. The third-order valence-corrected chi connectivity index (χ3v) is 4.08. The van der Waals surface area contributed by atoms with Gasteiger partial charge < -0.3 is 0 Å². The molecule has 2 atom stereocenters. The van der Waals surface area contributed by atoms with Gasteiger partial charge in [0, 0.05) is 24.5 Å². The molecular weight excluding hydrogens is 277 g/mol. The Morgan fingerprint density at radius 2 is 1.86 bits per heavy atom. The number of likely N-dealkylation sites (tertiary alicyclic amines) is 1. The Hall–Kier alpha value is -1.54. The van der Waals surface area contributed by atoms with Gasteiger partial charge in [-0.25, -0.2) is 0 Å². The first-order valence-electron chi connectivity index (χ1n) is 6.95. The molecule has 0 spiro atoms. The molecule has 2 nitrogen and oxygen atoms in total. The lowest BCUT2D eigenvalue weighted by Crippen LogP contribution is -2.39. The van der Waals surface area contributed by atoms with Crippen LogP contribution in [-0.4, -0.2) is 23.5 Å². The Morgan fingerprint density at radius 3 is 2.38 bits per heavy atom. The Bertz CT molecular complexity index is 552. The molecule has 0 saturated carbocycles. The molecule has 5 heteroatoms. The minimum Gasteiger partial charge on any atom is -0.297 e. The van der Waals surface area contributed by atoms with E-state index in [4.69, 9.17) is 0 Å². The quantitative estimate of drug-likeness (QED) is 0.782. The number of rotatable bonds is 1. The summed E-state index contributed by atoms with van der Waals surface area (Å²) in [7, 11) is 0. The zero-order valence-corrected chi connectivity index (χ0v) is 12.4. The molecule has 0 amide bonds. The van der Waals surface area contributed by atoms with Gasteiger partial charge in [0.2, 0.25) is 0 Å². The number of hydrogen-bond acceptors (Lipinski definition) is 2. The maximum Gasteiger partial charge on any atom is 0.416 e. The monoisotopic (exact) mass is 296 g/mol. The first-order valence-corrected chi connectivity index (χ1v) is 6.95. The van der Waals surface area contributed by atoms with Crippen LogP contribution < -0.4 is 0 Å². The second kappa shape index (κ2) is 5.34. The van der Waals surface area contributed by atoms with Crippen LogP contribution in [-0.2, 0) is 6.18 Å². The van der Waals surface area contributed by atoms with Crippen LogP contribution in [0.3, 0.4) is 0 Å². The van der Waals surface area contributed by atoms with Crippen molar-refractivity contribution >= 4 is 0 Å². The van der Waals surface area contributed by atoms with Gasteiger partial charge in [-0.15, -0.1) is 0 Å². The largest absolute Gasteiger partial charge is 0.416 e. The molecule has 0 bridgehead atoms. The van der Waals surface area contributed by atoms with E-state index in [1.807, 2.05) is 0 Å². The lowest BCUT2D eigenvalue weighted by atomic mass is 9.89. The molecular formula is C16H19F3N2. The molecule has 1 aliphatic rings. The highest BCUT2D eigenvalue weighted by Gasteiger charge is 2.39. The number of alkyl halides is 3. The van der Waals surface area contributed by atoms with Crippen molar-refractivity contribution in [3.05, 3.63) is 35.4 Å². The molecule has 114 valence electrons. The van der Waals surface area contributed by atoms with Crippen molar-refractivity contribution < 1.29 is 13.2 Å². The Balaban J connectivity index is 2.31. The molecule has 1 aromatic carbocycles. The van der Waals surface area contributed by atoms with Gasteiger partial charge in [0.15, 0.2) is 0 Å². The van der Waals surface area contributed by atoms with E-state index in [0.717, 1.165) is 6.07 Å². The molecule has 1 saturated heterocycles. The van der Waals surface area contributed by atoms with Gasteiger partial charge >= 0.3 is 6.18 Å². The fourth-order valence-electron chi connectivity index (χ4n) is 2.77. The molecule has 1 heterocycles. The lowest BCUT2D eigenvalue weighted by Gasteiger charge is -2.31. The van der Waals surface area contributed by atoms with E-state index >= 15 is 0 Å². The van der Waals surface area contributed by atoms with Crippen molar-refractivity contribution in [2.45, 2.75) is 38.4 Å². The number of nitrogens with zero attached hydrogens (tertiary/aromatic N) is 2. The Kier molecular flexibility index (Phi) is 4.03. The lowest BCUT2D eigenvalue weighted by molar-refractivity contribution is -0.137. The van der Waals surface area contributed by atoms with Crippen molar-refractivity contribution in [2.24, 2.45) is 5.92 Å². The standard InChI is InChI=1S/C16H19F3N2/c1-15(2,3)21-9-12(8-20)14(10-21)11-5-4-6-13(7-11)16(17,18)19/h4-7,12,14H,9-10H2,1-3H3/t12-,14+/m1/s1. The predicted molar refractivity (Wildman–Crippen MR) is 74.6 cm³/mol. The molecule has 1 aromatic rings. The van der Waals surface area contributed by atoms with Gasteiger partial charge in [-0.05, 0) is 32.4 Å². The summed E-state index contributed by atoms with van der Waals surface area (Å²) in [5.74, 6) is -0.441. The second-order valence-corrected chi connectivity index (χ2v) is 6.54. The molecule has 2 rings (SSSR count). The summed E-state index contributed by atoms with van der Waals surface area (Å²) in [5.41, 5.74) is -0.139. The van der Waals surface area contributed by atoms with Crippen LogP contribution in [0.5, 0.6) is 0 Å². The smallest absolute Gasteiger partial charge is 0.297 e. The van der Waals surface area contributed by atoms with Gasteiger partial charge in [-0.2, -0.15) is 18.4 Å². The Morgan fingerprint density at radius 1 is 1.19 bits per heavy atom. The first-order chi connectivity index (χ1) is 9.63. The highest BCUT2D eigenvalue weighted by molar-refractivity contribution is 5.31. The number of benzene rings is 1. The predicted octanol–water partition coefficient (Wildman–Crippen LogP) is 4.04. The maximum absolute atomic E-state index is 12.8. The normalized spacial score (nSPS) is 24.0. The highest BCUT2D eigenvalue weighted by atomic mass is 19.4. The summed E-state index contributed by atoms with van der Waals surface area (Å²) < 4.78 is 38.5. The van der Waals surface area contributed by atoms with Crippen LogP contribution in [0.2, 0.25) is 0 Å². The van der Waals surface area contributed by atoms with Crippen LogP contribution >= 0.6 is 0 Å². The molecule has 0 N–H and O–H groups in total. The SMILES string of the molecule is CC(C)(C)N1C[C@@H](C#N)[C@H](c2cccc(C(F)(F)F)c2)C1. The number of hydrogen-bond donors (Lipinski definition) is 0. The van der Waals surface area contributed by atoms with E-state index in [-0.39, 0.29) is 17.4 Å². The van der Waals surface area contributed by atoms with Crippen LogP contribution in [0.25, 0.3) is 0 Å². The summed E-state index contributed by atoms with van der Waals surface area (Å²) in [5, 5.41) is 9.31. The van der Waals surface area contributed by atoms with Gasteiger partial charge in [-0.1, -0.05) is 18.2 Å². The molecule has 0 aromatic heterocycles. The zero-order chi connectivity index (χ0) is 15.8. The van der Waals surface area contributed by atoms with E-state index in [1.54, 1.807) is 6.07 Å². The average Bonchev–Trinajstić information content (AvgIpc) is 2.82. The minimum absolute atomic E-state index is 0.0918. The average molecular weight is 296 g/mol. The van der Waals surface area contributed by atoms with E-state index in [9.17, 15) is 18.4 Å². The van der Waals surface area contributed by atoms with Crippen molar-refractivity contribution in [2.75, 3.05) is 13.1 Å². The number of nitriles is 1. The van der Waals surface area contributed by atoms with Gasteiger partial charge in [0.1, 0.15) is 0 Å². The number of halogens is 3. The second-order valence-electron chi connectivity index (χ2n) is 6.54. The summed E-state index contributed by atoms with van der Waals surface area (Å²) in [6.45, 7) is 7.37. The fourth-order valence-corrected chi connectivity index (χ4v) is 2.77. The van der Waals surface area contributed by atoms with Crippen LogP contribution in [0, 0.1) is 17.2 Å². The third-order valence-electron chi connectivity index (χ3n) is 4.08. The summed E-state index contributed by atoms with van der Waals surface area (Å²) in [4.78, 5) is 2.16. The first kappa shape index (κ1) is 15.8. The fraction of sp³-hybridized carbons (Fsp3) is 0.562. The molecule has 0 radical (unpaired) electrons. The van der Waals surface area contributed by atoms with E-state index in [0.29, 0.717) is 18.7 Å². The van der Waals surface area contributed by atoms with Crippen LogP contribution in [0.15, 0.2) is 24.3 Å². The van der Waals surface area contributed by atoms with Crippen molar-refractivity contribution in [1.82, 2.24) is 4.90 Å². The topological polar surface area (TPSA) is 27.0 Å². The molecule has 1 aliphatic heterocycles. The minimum atomic E-state index is -4.35. The van der Waals surface area contributed by atoms with Crippen LogP contribution in [0.1, 0.15) is 37.8 Å². The van der Waals surface area contributed by atoms with Crippen molar-refractivity contribution in [3.63, 3.8) is 0 Å². The summed E-state index contributed by atoms with van der Waals surface area (Å²) >= 11 is 0. The highest BCUT2D eigenvalue weighted by Crippen LogP contribution is 2.38. The van der Waals surface area contributed by atoms with Crippen molar-refractivity contribution in [3.8, 4) is 6.07 Å². The third kappa shape index (κ3) is 3.38.